The van der Waals surface area contributed by atoms with Gasteiger partial charge >= 0.3 is 0 Å². The van der Waals surface area contributed by atoms with Crippen LogP contribution in [0.2, 0.25) is 5.02 Å². The summed E-state index contributed by atoms with van der Waals surface area (Å²) in [5.74, 6) is -1.17. The lowest BCUT2D eigenvalue weighted by Crippen LogP contribution is -2.26. The predicted octanol–water partition coefficient (Wildman–Crippen LogP) is 1.47. The van der Waals surface area contributed by atoms with Crippen LogP contribution in [0.1, 0.15) is 21.9 Å². The van der Waals surface area contributed by atoms with Crippen LogP contribution in [0.25, 0.3) is 0 Å². The normalized spacial score (nSPS) is 11.2. The fourth-order valence-corrected chi connectivity index (χ4v) is 3.41. The molecule has 0 spiro atoms. The Morgan fingerprint density at radius 3 is 2.55 bits per heavy atom. The highest BCUT2D eigenvalue weighted by molar-refractivity contribution is 7.89. The Bertz CT molecular complexity index is 1110. The zero-order valence-corrected chi connectivity index (χ0v) is 16.3. The summed E-state index contributed by atoms with van der Waals surface area (Å²) < 4.78 is 40.0. The molecule has 3 aromatic rings. The number of aromatic nitrogens is 4. The number of hydrogen-bond donors (Lipinski definition) is 2. The van der Waals surface area contributed by atoms with E-state index in [0.29, 0.717) is 5.69 Å². The largest absolute Gasteiger partial charge is 0.345 e. The molecule has 2 aromatic heterocycles. The average molecular weight is 437 g/mol. The van der Waals surface area contributed by atoms with E-state index in [1.807, 2.05) is 0 Å². The molecule has 0 saturated carbocycles. The number of amides is 1. The zero-order chi connectivity index (χ0) is 20.9. The van der Waals surface area contributed by atoms with Gasteiger partial charge in [0.1, 0.15) is 17.8 Å². The second kappa shape index (κ2) is 8.99. The van der Waals surface area contributed by atoms with Crippen molar-refractivity contribution < 1.29 is 17.6 Å². The van der Waals surface area contributed by atoms with Gasteiger partial charge in [-0.2, -0.15) is 0 Å². The Morgan fingerprint density at radius 1 is 1.07 bits per heavy atom. The van der Waals surface area contributed by atoms with E-state index in [-0.39, 0.29) is 34.4 Å². The average Bonchev–Trinajstić information content (AvgIpc) is 2.73. The first-order chi connectivity index (χ1) is 13.8. The SMILES string of the molecule is O=C(NCc1ccncn1)c1cnc(CNS(=O)(=O)c2ccc(F)c(Cl)c2)cn1. The maximum atomic E-state index is 13.2. The Morgan fingerprint density at radius 2 is 1.90 bits per heavy atom. The van der Waals surface area contributed by atoms with Gasteiger partial charge in [0.2, 0.25) is 10.0 Å². The standard InChI is InChI=1S/C17H14ClFN6O3S/c18-14-5-13(1-2-15(14)19)29(27,28)25-8-12-7-22-16(9-21-12)17(26)23-6-11-3-4-20-10-24-11/h1-5,7,9-10,25H,6,8H2,(H,23,26). The molecule has 0 unspecified atom stereocenters. The van der Waals surface area contributed by atoms with E-state index < -0.39 is 21.7 Å². The van der Waals surface area contributed by atoms with Gasteiger partial charge in [0.25, 0.3) is 5.91 Å². The lowest BCUT2D eigenvalue weighted by Gasteiger charge is -2.08. The molecule has 0 saturated heterocycles. The van der Waals surface area contributed by atoms with Gasteiger partial charge in [-0.3, -0.25) is 9.78 Å². The molecule has 0 aliphatic carbocycles. The molecule has 2 heterocycles. The second-order valence-electron chi connectivity index (χ2n) is 5.68. The molecule has 12 heteroatoms. The van der Waals surface area contributed by atoms with Crippen molar-refractivity contribution in [2.24, 2.45) is 0 Å². The smallest absolute Gasteiger partial charge is 0.271 e. The lowest BCUT2D eigenvalue weighted by atomic mass is 10.3. The van der Waals surface area contributed by atoms with Crippen LogP contribution >= 0.6 is 11.6 Å². The molecule has 0 bridgehead atoms. The van der Waals surface area contributed by atoms with E-state index in [9.17, 15) is 17.6 Å². The van der Waals surface area contributed by atoms with Gasteiger partial charge < -0.3 is 5.32 Å². The van der Waals surface area contributed by atoms with Gasteiger partial charge in [0, 0.05) is 6.20 Å². The number of carbonyl (C=O) groups excluding carboxylic acids is 1. The number of halogens is 2. The summed E-state index contributed by atoms with van der Waals surface area (Å²) in [5.41, 5.74) is 0.985. The lowest BCUT2D eigenvalue weighted by molar-refractivity contribution is 0.0945. The number of rotatable bonds is 7. The van der Waals surface area contributed by atoms with Crippen LogP contribution < -0.4 is 10.0 Å². The highest BCUT2D eigenvalue weighted by atomic mass is 35.5. The van der Waals surface area contributed by atoms with Crippen molar-refractivity contribution in [1.29, 1.82) is 0 Å². The summed E-state index contributed by atoms with van der Waals surface area (Å²) in [5, 5.41) is 2.33. The molecule has 0 aliphatic heterocycles. The molecule has 0 fully saturated rings. The molecule has 1 aromatic carbocycles. The van der Waals surface area contributed by atoms with Crippen molar-refractivity contribution in [3.63, 3.8) is 0 Å². The van der Waals surface area contributed by atoms with Crippen LogP contribution in [0.5, 0.6) is 0 Å². The van der Waals surface area contributed by atoms with E-state index in [2.05, 4.69) is 30.0 Å². The monoisotopic (exact) mass is 436 g/mol. The number of nitrogens with zero attached hydrogens (tertiary/aromatic N) is 4. The second-order valence-corrected chi connectivity index (χ2v) is 7.85. The number of sulfonamides is 1. The summed E-state index contributed by atoms with van der Waals surface area (Å²) in [4.78, 5) is 27.7. The fourth-order valence-electron chi connectivity index (χ4n) is 2.14. The first kappa shape index (κ1) is 20.7. The molecule has 3 rings (SSSR count). The number of carbonyl (C=O) groups is 1. The third-order valence-electron chi connectivity index (χ3n) is 3.66. The van der Waals surface area contributed by atoms with Gasteiger partial charge in [-0.1, -0.05) is 11.6 Å². The Hall–Kier alpha value is -3.02. The minimum absolute atomic E-state index is 0.0657. The molecule has 29 heavy (non-hydrogen) atoms. The van der Waals surface area contributed by atoms with Crippen LogP contribution in [0.15, 0.2) is 54.1 Å². The van der Waals surface area contributed by atoms with Crippen molar-refractivity contribution in [3.8, 4) is 0 Å². The van der Waals surface area contributed by atoms with Crippen molar-refractivity contribution >= 4 is 27.5 Å². The molecule has 2 N–H and O–H groups in total. The van der Waals surface area contributed by atoms with Crippen molar-refractivity contribution in [2.75, 3.05) is 0 Å². The third kappa shape index (κ3) is 5.50. The zero-order valence-electron chi connectivity index (χ0n) is 14.7. The quantitative estimate of drug-likeness (QED) is 0.574. The summed E-state index contributed by atoms with van der Waals surface area (Å²) in [6, 6.07) is 4.73. The topological polar surface area (TPSA) is 127 Å². The molecule has 0 radical (unpaired) electrons. The summed E-state index contributed by atoms with van der Waals surface area (Å²) in [7, 11) is -3.92. The van der Waals surface area contributed by atoms with Gasteiger partial charge in [-0.25, -0.2) is 32.5 Å². The molecular formula is C17H14ClFN6O3S. The maximum absolute atomic E-state index is 13.2. The van der Waals surface area contributed by atoms with Crippen LogP contribution in [-0.2, 0) is 23.1 Å². The maximum Gasteiger partial charge on any atom is 0.271 e. The van der Waals surface area contributed by atoms with Gasteiger partial charge in [0.05, 0.1) is 46.8 Å². The van der Waals surface area contributed by atoms with Crippen LogP contribution in [-0.4, -0.2) is 34.3 Å². The van der Waals surface area contributed by atoms with Crippen LogP contribution in [0.3, 0.4) is 0 Å². The summed E-state index contributed by atoms with van der Waals surface area (Å²) in [6.45, 7) is 0.0258. The van der Waals surface area contributed by atoms with E-state index >= 15 is 0 Å². The molecule has 150 valence electrons. The van der Waals surface area contributed by atoms with Gasteiger partial charge in [-0.05, 0) is 24.3 Å². The van der Waals surface area contributed by atoms with Gasteiger partial charge in [0.15, 0.2) is 0 Å². The van der Waals surface area contributed by atoms with Gasteiger partial charge in [-0.15, -0.1) is 0 Å². The van der Waals surface area contributed by atoms with E-state index in [1.165, 1.54) is 18.7 Å². The first-order valence-corrected chi connectivity index (χ1v) is 10.00. The minimum atomic E-state index is -3.92. The highest BCUT2D eigenvalue weighted by Gasteiger charge is 2.16. The number of hydrogen-bond acceptors (Lipinski definition) is 7. The third-order valence-corrected chi connectivity index (χ3v) is 5.34. The number of nitrogens with one attached hydrogen (secondary N) is 2. The highest BCUT2D eigenvalue weighted by Crippen LogP contribution is 2.19. The van der Waals surface area contributed by atoms with Crippen molar-refractivity contribution in [3.05, 3.63) is 77.1 Å². The van der Waals surface area contributed by atoms with E-state index in [1.54, 1.807) is 12.3 Å². The van der Waals surface area contributed by atoms with Crippen molar-refractivity contribution in [1.82, 2.24) is 30.0 Å². The molecule has 9 nitrogen and oxygen atoms in total. The fraction of sp³-hybridized carbons (Fsp3) is 0.118. The van der Waals surface area contributed by atoms with E-state index in [0.717, 1.165) is 18.2 Å². The van der Waals surface area contributed by atoms with Crippen LogP contribution in [0, 0.1) is 5.82 Å². The van der Waals surface area contributed by atoms with Crippen molar-refractivity contribution in [2.45, 2.75) is 18.0 Å². The Labute approximate surface area is 170 Å². The molecule has 1 amide bonds. The molecular weight excluding hydrogens is 423 g/mol. The first-order valence-electron chi connectivity index (χ1n) is 8.14. The van der Waals surface area contributed by atoms with E-state index in [4.69, 9.17) is 11.6 Å². The summed E-state index contributed by atoms with van der Waals surface area (Å²) in [6.07, 6.45) is 5.44. The minimum Gasteiger partial charge on any atom is -0.345 e. The molecule has 0 atom stereocenters. The number of benzene rings is 1. The predicted molar refractivity (Wildman–Crippen MR) is 101 cm³/mol. The Kier molecular flexibility index (Phi) is 6.42. The van der Waals surface area contributed by atoms with Crippen LogP contribution in [0.4, 0.5) is 4.39 Å². The molecule has 0 aliphatic rings. The Balaban J connectivity index is 1.58. The summed E-state index contributed by atoms with van der Waals surface area (Å²) >= 11 is 5.61.